The molecule has 0 saturated carbocycles. The third kappa shape index (κ3) is 1.86. The van der Waals surface area contributed by atoms with Gasteiger partial charge in [0.15, 0.2) is 0 Å². The molecule has 1 aromatic carbocycles. The molecule has 1 aliphatic rings. The van der Waals surface area contributed by atoms with E-state index in [1.807, 2.05) is 43.3 Å². The Labute approximate surface area is 93.9 Å². The number of nitrogens with two attached hydrogens (primary N) is 1. The van der Waals surface area contributed by atoms with Crippen LogP contribution in [-0.4, -0.2) is 5.91 Å². The van der Waals surface area contributed by atoms with Crippen molar-refractivity contribution in [2.45, 2.75) is 18.9 Å². The molecule has 4 nitrogen and oxygen atoms in total. The number of benzene rings is 1. The van der Waals surface area contributed by atoms with Gasteiger partial charge in [0.2, 0.25) is 5.91 Å². The minimum absolute atomic E-state index is 0.151. The van der Waals surface area contributed by atoms with Crippen molar-refractivity contribution in [3.8, 4) is 0 Å². The first-order valence-corrected chi connectivity index (χ1v) is 5.09. The maximum Gasteiger partial charge on any atom is 0.220 e. The predicted molar refractivity (Wildman–Crippen MR) is 60.5 cm³/mol. The van der Waals surface area contributed by atoms with Gasteiger partial charge < -0.3 is 5.73 Å². The van der Waals surface area contributed by atoms with Gasteiger partial charge in [-0.15, -0.1) is 0 Å². The van der Waals surface area contributed by atoms with Crippen LogP contribution in [0.15, 0.2) is 52.3 Å². The van der Waals surface area contributed by atoms with Crippen LogP contribution in [0.1, 0.15) is 18.9 Å². The van der Waals surface area contributed by atoms with E-state index in [0.717, 1.165) is 11.3 Å². The fraction of sp³-hybridized carbons (Fsp3) is 0.250. The van der Waals surface area contributed by atoms with Crippen molar-refractivity contribution in [1.29, 1.82) is 0 Å². The minimum atomic E-state index is -0.697. The molecule has 0 aromatic heterocycles. The molecule has 1 amide bonds. The maximum absolute atomic E-state index is 11.1. The zero-order chi connectivity index (χ0) is 11.6. The van der Waals surface area contributed by atoms with E-state index >= 15 is 0 Å². The maximum atomic E-state index is 11.1. The molecule has 4 heteroatoms. The van der Waals surface area contributed by atoms with Gasteiger partial charge in [0.1, 0.15) is 5.54 Å². The summed E-state index contributed by atoms with van der Waals surface area (Å²) in [5.74, 6) is -0.381. The highest BCUT2D eigenvalue weighted by Gasteiger charge is 2.35. The summed E-state index contributed by atoms with van der Waals surface area (Å²) in [4.78, 5) is 11.1. The summed E-state index contributed by atoms with van der Waals surface area (Å²) < 4.78 is 0. The molecule has 1 atom stereocenters. The van der Waals surface area contributed by atoms with Crippen LogP contribution in [0.25, 0.3) is 0 Å². The highest BCUT2D eigenvalue weighted by Crippen LogP contribution is 2.37. The SMILES string of the molecule is CC1=CC(CC(N)=O)(c2ccccc2)N=N1. The second kappa shape index (κ2) is 3.89. The van der Waals surface area contributed by atoms with E-state index < -0.39 is 5.54 Å². The van der Waals surface area contributed by atoms with Crippen LogP contribution in [-0.2, 0) is 10.3 Å². The van der Waals surface area contributed by atoms with E-state index in [2.05, 4.69) is 10.2 Å². The first-order valence-electron chi connectivity index (χ1n) is 5.09. The molecule has 0 bridgehead atoms. The highest BCUT2D eigenvalue weighted by atomic mass is 16.1. The lowest BCUT2D eigenvalue weighted by Gasteiger charge is -2.21. The Hall–Kier alpha value is -1.97. The fourth-order valence-corrected chi connectivity index (χ4v) is 1.89. The number of hydrogen-bond donors (Lipinski definition) is 1. The van der Waals surface area contributed by atoms with E-state index in [9.17, 15) is 4.79 Å². The van der Waals surface area contributed by atoms with Crippen LogP contribution >= 0.6 is 0 Å². The molecule has 16 heavy (non-hydrogen) atoms. The fourth-order valence-electron chi connectivity index (χ4n) is 1.89. The van der Waals surface area contributed by atoms with Crippen LogP contribution in [0.4, 0.5) is 0 Å². The standard InChI is InChI=1S/C12H13N3O/c1-9-7-12(15-14-9,8-11(13)16)10-5-3-2-4-6-10/h2-7H,8H2,1H3,(H2,13,16). The van der Waals surface area contributed by atoms with E-state index in [1.54, 1.807) is 0 Å². The predicted octanol–water partition coefficient (Wildman–Crippen LogP) is 2.13. The Kier molecular flexibility index (Phi) is 2.56. The van der Waals surface area contributed by atoms with Crippen molar-refractivity contribution in [3.05, 3.63) is 47.7 Å². The Balaban J connectivity index is 2.45. The third-order valence-electron chi connectivity index (χ3n) is 2.55. The lowest BCUT2D eigenvalue weighted by Crippen LogP contribution is -2.27. The normalized spacial score (nSPS) is 23.2. The first-order chi connectivity index (χ1) is 7.62. The zero-order valence-electron chi connectivity index (χ0n) is 9.05. The summed E-state index contributed by atoms with van der Waals surface area (Å²) in [5, 5.41) is 8.19. The summed E-state index contributed by atoms with van der Waals surface area (Å²) in [6.07, 6.45) is 2.03. The summed E-state index contributed by atoms with van der Waals surface area (Å²) in [6.45, 7) is 1.86. The number of rotatable bonds is 3. The molecule has 0 aliphatic carbocycles. The molecule has 0 saturated heterocycles. The number of amides is 1. The van der Waals surface area contributed by atoms with Crippen LogP contribution in [0.5, 0.6) is 0 Å². The second-order valence-corrected chi connectivity index (χ2v) is 3.92. The topological polar surface area (TPSA) is 67.8 Å². The molecule has 0 radical (unpaired) electrons. The lowest BCUT2D eigenvalue weighted by atomic mass is 9.87. The summed E-state index contributed by atoms with van der Waals surface area (Å²) in [5.41, 5.74) is 6.32. The molecule has 1 aliphatic heterocycles. The summed E-state index contributed by atoms with van der Waals surface area (Å²) in [6, 6.07) is 9.60. The zero-order valence-corrected chi connectivity index (χ0v) is 9.05. The van der Waals surface area contributed by atoms with Crippen molar-refractivity contribution in [2.75, 3.05) is 0 Å². The number of carbonyl (C=O) groups excluding carboxylic acids is 1. The van der Waals surface area contributed by atoms with Crippen LogP contribution in [0, 0.1) is 0 Å². The minimum Gasteiger partial charge on any atom is -0.370 e. The van der Waals surface area contributed by atoms with Gasteiger partial charge in [-0.2, -0.15) is 10.2 Å². The van der Waals surface area contributed by atoms with E-state index in [0.29, 0.717) is 0 Å². The van der Waals surface area contributed by atoms with Crippen LogP contribution < -0.4 is 5.73 Å². The Morgan fingerprint density at radius 2 is 2.06 bits per heavy atom. The Bertz CT molecular complexity index is 464. The molecule has 82 valence electrons. The molecular weight excluding hydrogens is 202 g/mol. The molecule has 0 spiro atoms. The molecule has 1 aromatic rings. The average molecular weight is 215 g/mol. The number of nitrogens with zero attached hydrogens (tertiary/aromatic N) is 2. The summed E-state index contributed by atoms with van der Waals surface area (Å²) >= 11 is 0. The number of carbonyl (C=O) groups is 1. The van der Waals surface area contributed by atoms with Crippen molar-refractivity contribution in [3.63, 3.8) is 0 Å². The van der Waals surface area contributed by atoms with Gasteiger partial charge >= 0.3 is 0 Å². The van der Waals surface area contributed by atoms with Gasteiger partial charge in [0.05, 0.1) is 12.1 Å². The molecule has 1 heterocycles. The number of allylic oxidation sites excluding steroid dienone is 1. The molecule has 2 N–H and O–H groups in total. The van der Waals surface area contributed by atoms with Gasteiger partial charge in [-0.25, -0.2) is 0 Å². The van der Waals surface area contributed by atoms with Gasteiger partial charge in [0.25, 0.3) is 0 Å². The molecule has 1 unspecified atom stereocenters. The Morgan fingerprint density at radius 3 is 2.56 bits per heavy atom. The highest BCUT2D eigenvalue weighted by molar-refractivity contribution is 5.76. The van der Waals surface area contributed by atoms with E-state index in [1.165, 1.54) is 0 Å². The van der Waals surface area contributed by atoms with Gasteiger partial charge in [-0.3, -0.25) is 4.79 Å². The monoisotopic (exact) mass is 215 g/mol. The quantitative estimate of drug-likeness (QED) is 0.824. The van der Waals surface area contributed by atoms with Gasteiger partial charge in [-0.05, 0) is 18.6 Å². The van der Waals surface area contributed by atoms with Crippen LogP contribution in [0.3, 0.4) is 0 Å². The van der Waals surface area contributed by atoms with Crippen molar-refractivity contribution < 1.29 is 4.79 Å². The van der Waals surface area contributed by atoms with Gasteiger partial charge in [-0.1, -0.05) is 30.3 Å². The number of primary amides is 1. The largest absolute Gasteiger partial charge is 0.370 e. The van der Waals surface area contributed by atoms with Crippen molar-refractivity contribution in [2.24, 2.45) is 16.0 Å². The molecule has 2 rings (SSSR count). The van der Waals surface area contributed by atoms with Crippen LogP contribution in [0.2, 0.25) is 0 Å². The third-order valence-corrected chi connectivity index (χ3v) is 2.55. The first kappa shape index (κ1) is 10.5. The lowest BCUT2D eigenvalue weighted by molar-refractivity contribution is -0.118. The smallest absolute Gasteiger partial charge is 0.220 e. The van der Waals surface area contributed by atoms with Crippen molar-refractivity contribution >= 4 is 5.91 Å². The van der Waals surface area contributed by atoms with Crippen molar-refractivity contribution in [1.82, 2.24) is 0 Å². The molecule has 0 fully saturated rings. The summed E-state index contributed by atoms with van der Waals surface area (Å²) in [7, 11) is 0. The Morgan fingerprint density at radius 1 is 1.38 bits per heavy atom. The van der Waals surface area contributed by atoms with E-state index in [-0.39, 0.29) is 12.3 Å². The van der Waals surface area contributed by atoms with Gasteiger partial charge in [0, 0.05) is 0 Å². The molecular formula is C12H13N3O. The van der Waals surface area contributed by atoms with E-state index in [4.69, 9.17) is 5.73 Å². The number of azo groups is 1. The second-order valence-electron chi connectivity index (χ2n) is 3.92. The average Bonchev–Trinajstić information content (AvgIpc) is 2.62. The number of hydrogen-bond acceptors (Lipinski definition) is 3.